The van der Waals surface area contributed by atoms with Crippen LogP contribution in [0.5, 0.6) is 5.75 Å². The van der Waals surface area contributed by atoms with Gasteiger partial charge >= 0.3 is 0 Å². The molecule has 3 heteroatoms. The van der Waals surface area contributed by atoms with Crippen molar-refractivity contribution in [2.75, 3.05) is 0 Å². The molecular formula is C14H18O3. The van der Waals surface area contributed by atoms with E-state index in [4.69, 9.17) is 0 Å². The van der Waals surface area contributed by atoms with Crippen molar-refractivity contribution in [2.45, 2.75) is 40.0 Å². The highest BCUT2D eigenvalue weighted by molar-refractivity contribution is 6.10. The van der Waals surface area contributed by atoms with Crippen LogP contribution < -0.4 is 0 Å². The van der Waals surface area contributed by atoms with Gasteiger partial charge in [-0.1, -0.05) is 13.0 Å². The third-order valence-corrected chi connectivity index (χ3v) is 2.62. The second kappa shape index (κ2) is 5.62. The number of benzene rings is 1. The van der Waals surface area contributed by atoms with Crippen molar-refractivity contribution < 1.29 is 14.7 Å². The van der Waals surface area contributed by atoms with Gasteiger partial charge in [0, 0.05) is 6.42 Å². The molecule has 0 saturated carbocycles. The average Bonchev–Trinajstić information content (AvgIpc) is 2.15. The van der Waals surface area contributed by atoms with Crippen molar-refractivity contribution in [3.8, 4) is 5.75 Å². The average molecular weight is 234 g/mol. The molecule has 0 amide bonds. The fraction of sp³-hybridized carbons (Fsp3) is 0.429. The molecule has 1 N–H and O–H groups in total. The molecule has 0 aromatic heterocycles. The first-order chi connectivity index (χ1) is 7.95. The van der Waals surface area contributed by atoms with Crippen molar-refractivity contribution in [2.24, 2.45) is 0 Å². The number of phenols is 1. The number of hydrogen-bond donors (Lipinski definition) is 1. The lowest BCUT2D eigenvalue weighted by atomic mass is 9.97. The van der Waals surface area contributed by atoms with Crippen LogP contribution in [-0.2, 0) is 4.79 Å². The van der Waals surface area contributed by atoms with E-state index in [1.165, 1.54) is 0 Å². The number of Topliss-reactive ketones (excluding diaryl/α,β-unsaturated/α-hetero) is 2. The lowest BCUT2D eigenvalue weighted by molar-refractivity contribution is -0.118. The Morgan fingerprint density at radius 1 is 1.24 bits per heavy atom. The van der Waals surface area contributed by atoms with E-state index >= 15 is 0 Å². The first-order valence-electron chi connectivity index (χ1n) is 5.80. The molecule has 1 aromatic carbocycles. The molecule has 0 heterocycles. The van der Waals surface area contributed by atoms with Gasteiger partial charge in [-0.05, 0) is 37.5 Å². The third-order valence-electron chi connectivity index (χ3n) is 2.62. The van der Waals surface area contributed by atoms with Gasteiger partial charge in [0.05, 0.1) is 12.0 Å². The zero-order chi connectivity index (χ0) is 13.0. The van der Waals surface area contributed by atoms with E-state index in [0.29, 0.717) is 6.42 Å². The van der Waals surface area contributed by atoms with Crippen molar-refractivity contribution in [1.29, 1.82) is 0 Å². The summed E-state index contributed by atoms with van der Waals surface area (Å²) >= 11 is 0. The first-order valence-corrected chi connectivity index (χ1v) is 5.80. The molecule has 0 aliphatic carbocycles. The van der Waals surface area contributed by atoms with E-state index in [9.17, 15) is 14.7 Å². The van der Waals surface area contributed by atoms with Gasteiger partial charge in [-0.2, -0.15) is 0 Å². The highest BCUT2D eigenvalue weighted by Gasteiger charge is 2.17. The summed E-state index contributed by atoms with van der Waals surface area (Å²) in [5, 5.41) is 9.75. The van der Waals surface area contributed by atoms with Crippen LogP contribution >= 0.6 is 0 Å². The van der Waals surface area contributed by atoms with Gasteiger partial charge < -0.3 is 5.11 Å². The number of aryl methyl sites for hydroxylation is 2. The summed E-state index contributed by atoms with van der Waals surface area (Å²) in [5.74, 6) is -0.396. The van der Waals surface area contributed by atoms with Crippen LogP contribution in [-0.4, -0.2) is 16.7 Å². The molecule has 0 spiro atoms. The Morgan fingerprint density at radius 3 is 2.41 bits per heavy atom. The quantitative estimate of drug-likeness (QED) is 0.629. The van der Waals surface area contributed by atoms with Gasteiger partial charge in [0.1, 0.15) is 11.5 Å². The van der Waals surface area contributed by atoms with Crippen molar-refractivity contribution in [1.82, 2.24) is 0 Å². The minimum Gasteiger partial charge on any atom is -0.507 e. The van der Waals surface area contributed by atoms with Gasteiger partial charge in [-0.3, -0.25) is 9.59 Å². The predicted molar refractivity (Wildman–Crippen MR) is 66.4 cm³/mol. The maximum atomic E-state index is 11.9. The molecular weight excluding hydrogens is 216 g/mol. The van der Waals surface area contributed by atoms with Gasteiger partial charge in [0.15, 0.2) is 5.78 Å². The SMILES string of the molecule is CCCC(=O)CC(=O)c1c(C)cc(C)cc1O. The van der Waals surface area contributed by atoms with E-state index in [-0.39, 0.29) is 29.3 Å². The molecule has 3 nitrogen and oxygen atoms in total. The van der Waals surface area contributed by atoms with Crippen LogP contribution in [0, 0.1) is 13.8 Å². The summed E-state index contributed by atoms with van der Waals surface area (Å²) in [6.45, 7) is 5.52. The smallest absolute Gasteiger partial charge is 0.174 e. The fourth-order valence-corrected chi connectivity index (χ4v) is 1.94. The van der Waals surface area contributed by atoms with Gasteiger partial charge in [0.25, 0.3) is 0 Å². The van der Waals surface area contributed by atoms with E-state index in [1.807, 2.05) is 19.9 Å². The van der Waals surface area contributed by atoms with E-state index in [1.54, 1.807) is 13.0 Å². The second-order valence-corrected chi connectivity index (χ2v) is 4.36. The predicted octanol–water partition coefficient (Wildman–Crippen LogP) is 2.95. The molecule has 0 unspecified atom stereocenters. The molecule has 0 atom stereocenters. The summed E-state index contributed by atoms with van der Waals surface area (Å²) in [6, 6.07) is 3.38. The maximum absolute atomic E-state index is 11.9. The topological polar surface area (TPSA) is 54.4 Å². The number of aromatic hydroxyl groups is 1. The number of hydrogen-bond acceptors (Lipinski definition) is 3. The second-order valence-electron chi connectivity index (χ2n) is 4.36. The van der Waals surface area contributed by atoms with Crippen LogP contribution in [0.1, 0.15) is 47.7 Å². The van der Waals surface area contributed by atoms with Crippen molar-refractivity contribution in [3.05, 3.63) is 28.8 Å². The Morgan fingerprint density at radius 2 is 1.88 bits per heavy atom. The number of rotatable bonds is 5. The van der Waals surface area contributed by atoms with Crippen LogP contribution in [0.4, 0.5) is 0 Å². The zero-order valence-corrected chi connectivity index (χ0v) is 10.5. The minimum atomic E-state index is -0.293. The summed E-state index contributed by atoms with van der Waals surface area (Å²) in [4.78, 5) is 23.3. The third kappa shape index (κ3) is 3.41. The Balaban J connectivity index is 2.93. The highest BCUT2D eigenvalue weighted by Crippen LogP contribution is 2.24. The minimum absolute atomic E-state index is 0.0307. The molecule has 1 aromatic rings. The Kier molecular flexibility index (Phi) is 4.44. The van der Waals surface area contributed by atoms with Crippen LogP contribution in [0.3, 0.4) is 0 Å². The molecule has 0 aliphatic heterocycles. The van der Waals surface area contributed by atoms with E-state index < -0.39 is 0 Å². The molecule has 17 heavy (non-hydrogen) atoms. The summed E-state index contributed by atoms with van der Waals surface area (Å²) < 4.78 is 0. The van der Waals surface area contributed by atoms with Crippen LogP contribution in [0.15, 0.2) is 12.1 Å². The summed E-state index contributed by atoms with van der Waals surface area (Å²) in [5.41, 5.74) is 1.90. The molecule has 1 rings (SSSR count). The number of carbonyl (C=O) groups excluding carboxylic acids is 2. The van der Waals surface area contributed by atoms with Crippen molar-refractivity contribution in [3.63, 3.8) is 0 Å². The molecule has 0 saturated heterocycles. The number of carbonyl (C=O) groups is 2. The molecule has 92 valence electrons. The van der Waals surface area contributed by atoms with E-state index in [0.717, 1.165) is 17.5 Å². The van der Waals surface area contributed by atoms with Crippen LogP contribution in [0.2, 0.25) is 0 Å². The fourth-order valence-electron chi connectivity index (χ4n) is 1.94. The zero-order valence-electron chi connectivity index (χ0n) is 10.5. The van der Waals surface area contributed by atoms with Crippen LogP contribution in [0.25, 0.3) is 0 Å². The Hall–Kier alpha value is -1.64. The van der Waals surface area contributed by atoms with Crippen molar-refractivity contribution >= 4 is 11.6 Å². The van der Waals surface area contributed by atoms with Gasteiger partial charge in [-0.25, -0.2) is 0 Å². The molecule has 0 radical (unpaired) electrons. The van der Waals surface area contributed by atoms with Gasteiger partial charge in [-0.15, -0.1) is 0 Å². The number of ketones is 2. The number of phenolic OH excluding ortho intramolecular Hbond substituents is 1. The lowest BCUT2D eigenvalue weighted by Gasteiger charge is -2.08. The molecule has 0 aliphatic rings. The summed E-state index contributed by atoms with van der Waals surface area (Å²) in [7, 11) is 0. The normalized spacial score (nSPS) is 10.3. The monoisotopic (exact) mass is 234 g/mol. The van der Waals surface area contributed by atoms with Gasteiger partial charge in [0.2, 0.25) is 0 Å². The maximum Gasteiger partial charge on any atom is 0.174 e. The highest BCUT2D eigenvalue weighted by atomic mass is 16.3. The molecule has 0 fully saturated rings. The largest absolute Gasteiger partial charge is 0.507 e. The Bertz CT molecular complexity index is 424. The lowest BCUT2D eigenvalue weighted by Crippen LogP contribution is -2.09. The standard InChI is InChI=1S/C14H18O3/c1-4-5-11(15)8-13(17)14-10(3)6-9(2)7-12(14)16/h6-7,16H,4-5,8H2,1-3H3. The summed E-state index contributed by atoms with van der Waals surface area (Å²) in [6.07, 6.45) is 1.04. The Labute approximate surface area is 101 Å². The first kappa shape index (κ1) is 13.4. The molecule has 0 bridgehead atoms. The van der Waals surface area contributed by atoms with E-state index in [2.05, 4.69) is 0 Å².